The summed E-state index contributed by atoms with van der Waals surface area (Å²) in [5.41, 5.74) is 5.28. The third-order valence-electron chi connectivity index (χ3n) is 8.16. The molecule has 0 atom stereocenters. The molecule has 0 aromatic heterocycles. The monoisotopic (exact) mass is 478 g/mol. The van der Waals surface area contributed by atoms with Crippen molar-refractivity contribution in [2.75, 3.05) is 49.8 Å². The minimum atomic E-state index is -0.928. The van der Waals surface area contributed by atoms with Gasteiger partial charge in [0.1, 0.15) is 0 Å². The van der Waals surface area contributed by atoms with Gasteiger partial charge in [-0.05, 0) is 80.0 Å². The molecule has 7 nitrogen and oxygen atoms in total. The maximum atomic E-state index is 13.3. The Labute approximate surface area is 206 Å². The van der Waals surface area contributed by atoms with Gasteiger partial charge in [0, 0.05) is 57.4 Å². The van der Waals surface area contributed by atoms with Crippen LogP contribution in [0.3, 0.4) is 0 Å². The number of ether oxygens (including phenoxy) is 2. The molecule has 1 N–H and O–H groups in total. The minimum absolute atomic E-state index is 0.125. The summed E-state index contributed by atoms with van der Waals surface area (Å²) in [6.07, 6.45) is 3.24. The summed E-state index contributed by atoms with van der Waals surface area (Å²) in [7, 11) is 1.84. The predicted octanol–water partition coefficient (Wildman–Crippen LogP) is 4.39. The van der Waals surface area contributed by atoms with Crippen molar-refractivity contribution < 1.29 is 24.2 Å². The molecule has 3 aliphatic heterocycles. The molecule has 0 saturated carbocycles. The van der Waals surface area contributed by atoms with Crippen LogP contribution in [0.15, 0.2) is 30.3 Å². The molecule has 35 heavy (non-hydrogen) atoms. The lowest BCUT2D eigenvalue weighted by Crippen LogP contribution is -2.42. The number of fused-ring (bicyclic) bond motifs is 2. The zero-order valence-electron chi connectivity index (χ0n) is 20.8. The van der Waals surface area contributed by atoms with Crippen LogP contribution in [0.4, 0.5) is 11.4 Å². The molecule has 3 heterocycles. The summed E-state index contributed by atoms with van der Waals surface area (Å²) >= 11 is 0. The maximum absolute atomic E-state index is 13.3. The first-order valence-electron chi connectivity index (χ1n) is 12.6. The molecule has 2 saturated heterocycles. The van der Waals surface area contributed by atoms with Crippen molar-refractivity contribution in [3.05, 3.63) is 47.0 Å². The fourth-order valence-electron chi connectivity index (χ4n) is 6.15. The van der Waals surface area contributed by atoms with E-state index >= 15 is 0 Å². The first-order chi connectivity index (χ1) is 16.9. The van der Waals surface area contributed by atoms with Gasteiger partial charge in [0.25, 0.3) is 0 Å². The van der Waals surface area contributed by atoms with E-state index in [9.17, 15) is 14.7 Å². The van der Waals surface area contributed by atoms with Crippen LogP contribution in [0, 0.1) is 6.92 Å². The molecule has 3 aliphatic rings. The van der Waals surface area contributed by atoms with Crippen molar-refractivity contribution in [2.24, 2.45) is 0 Å². The standard InChI is InChI=1S/C28H34N2O5/c1-4-30(21-7-11-34-12-8-21)24-17-20(15-22(18(24)2)26(31)32)19-5-6-23-25(16-19)29(3)27(33)28(23)9-13-35-14-10-28/h5-6,15-17,21H,4,7-14H2,1-3H3,(H,31,32). The second-order valence-corrected chi connectivity index (χ2v) is 9.89. The van der Waals surface area contributed by atoms with E-state index in [-0.39, 0.29) is 5.91 Å². The van der Waals surface area contributed by atoms with Gasteiger partial charge in [-0.15, -0.1) is 0 Å². The Morgan fingerprint density at radius 1 is 1.09 bits per heavy atom. The summed E-state index contributed by atoms with van der Waals surface area (Å²) in [5.74, 6) is -0.802. The summed E-state index contributed by atoms with van der Waals surface area (Å²) in [4.78, 5) is 29.6. The molecule has 7 heteroatoms. The maximum Gasteiger partial charge on any atom is 0.336 e. The first-order valence-corrected chi connectivity index (χ1v) is 12.6. The lowest BCUT2D eigenvalue weighted by atomic mass is 9.75. The van der Waals surface area contributed by atoms with E-state index in [1.54, 1.807) is 11.0 Å². The van der Waals surface area contributed by atoms with Crippen LogP contribution < -0.4 is 9.80 Å². The molecule has 5 rings (SSSR count). The number of anilines is 2. The van der Waals surface area contributed by atoms with Crippen molar-refractivity contribution in [3.63, 3.8) is 0 Å². The Balaban J connectivity index is 1.60. The summed E-state index contributed by atoms with van der Waals surface area (Å²) < 4.78 is 11.1. The predicted molar refractivity (Wildman–Crippen MR) is 136 cm³/mol. The third kappa shape index (κ3) is 3.91. The average molecular weight is 479 g/mol. The van der Waals surface area contributed by atoms with Crippen molar-refractivity contribution in [1.29, 1.82) is 0 Å². The lowest BCUT2D eigenvalue weighted by molar-refractivity contribution is -0.126. The number of amides is 1. The molecule has 0 bridgehead atoms. The van der Waals surface area contributed by atoms with Crippen LogP contribution in [0.1, 0.15) is 54.1 Å². The summed E-state index contributed by atoms with van der Waals surface area (Å²) in [5, 5.41) is 10.0. The number of hydrogen-bond acceptors (Lipinski definition) is 5. The van der Waals surface area contributed by atoms with E-state index in [0.29, 0.717) is 37.7 Å². The molecule has 0 aliphatic carbocycles. The Morgan fingerprint density at radius 2 is 1.77 bits per heavy atom. The first kappa shape index (κ1) is 23.8. The van der Waals surface area contributed by atoms with Crippen LogP contribution in [-0.2, 0) is 19.7 Å². The van der Waals surface area contributed by atoms with Gasteiger partial charge in [0.2, 0.25) is 5.91 Å². The number of benzene rings is 2. The van der Waals surface area contributed by atoms with Crippen molar-refractivity contribution in [3.8, 4) is 11.1 Å². The fourth-order valence-corrected chi connectivity index (χ4v) is 6.15. The molecule has 2 aromatic carbocycles. The van der Waals surface area contributed by atoms with E-state index < -0.39 is 11.4 Å². The second kappa shape index (κ2) is 9.28. The smallest absolute Gasteiger partial charge is 0.336 e. The van der Waals surface area contributed by atoms with Gasteiger partial charge in [-0.25, -0.2) is 4.79 Å². The number of aromatic carboxylic acids is 1. The zero-order chi connectivity index (χ0) is 24.7. The number of rotatable bonds is 5. The number of likely N-dealkylation sites (N-methyl/N-ethyl adjacent to an activating group) is 1. The number of carboxylic acid groups (broad SMARTS) is 1. The Hall–Kier alpha value is -2.90. The fraction of sp³-hybridized carbons (Fsp3) is 0.500. The minimum Gasteiger partial charge on any atom is -0.478 e. The number of carbonyl (C=O) groups is 2. The van der Waals surface area contributed by atoms with E-state index in [4.69, 9.17) is 9.47 Å². The zero-order valence-corrected chi connectivity index (χ0v) is 20.8. The Morgan fingerprint density at radius 3 is 2.43 bits per heavy atom. The average Bonchev–Trinajstić information content (AvgIpc) is 3.07. The molecule has 1 spiro atoms. The molecular weight excluding hydrogens is 444 g/mol. The van der Waals surface area contributed by atoms with E-state index in [2.05, 4.69) is 24.0 Å². The number of carbonyl (C=O) groups excluding carboxylic acids is 1. The molecule has 0 unspecified atom stereocenters. The van der Waals surface area contributed by atoms with Crippen LogP contribution in [0.25, 0.3) is 11.1 Å². The highest BCUT2D eigenvalue weighted by Crippen LogP contribution is 2.48. The van der Waals surface area contributed by atoms with E-state index in [1.165, 1.54) is 0 Å². The Bertz CT molecular complexity index is 1150. The molecule has 186 valence electrons. The van der Waals surface area contributed by atoms with E-state index in [1.807, 2.05) is 26.1 Å². The quantitative estimate of drug-likeness (QED) is 0.687. The molecule has 2 fully saturated rings. The molecular formula is C28H34N2O5. The van der Waals surface area contributed by atoms with Gasteiger partial charge >= 0.3 is 5.97 Å². The van der Waals surface area contributed by atoms with Gasteiger partial charge < -0.3 is 24.4 Å². The topological polar surface area (TPSA) is 79.3 Å². The van der Waals surface area contributed by atoms with Crippen LogP contribution in [-0.4, -0.2) is 63.0 Å². The number of nitrogens with zero attached hydrogens (tertiary/aromatic N) is 2. The van der Waals surface area contributed by atoms with Gasteiger partial charge in [-0.3, -0.25) is 4.79 Å². The SMILES string of the molecule is CCN(c1cc(-c2ccc3c(c2)N(C)C(=O)C32CCOCC2)cc(C(=O)O)c1C)C1CCOCC1. The Kier molecular flexibility index (Phi) is 6.32. The van der Waals surface area contributed by atoms with Crippen molar-refractivity contribution in [2.45, 2.75) is 51.0 Å². The number of carboxylic acids is 1. The largest absolute Gasteiger partial charge is 0.478 e. The van der Waals surface area contributed by atoms with Gasteiger partial charge in [-0.1, -0.05) is 12.1 Å². The second-order valence-electron chi connectivity index (χ2n) is 9.89. The number of hydrogen-bond donors (Lipinski definition) is 1. The molecule has 2 aromatic rings. The molecule has 1 amide bonds. The van der Waals surface area contributed by atoms with Crippen molar-refractivity contribution >= 4 is 23.3 Å². The summed E-state index contributed by atoms with van der Waals surface area (Å²) in [6, 6.07) is 10.3. The van der Waals surface area contributed by atoms with Gasteiger partial charge in [-0.2, -0.15) is 0 Å². The van der Waals surface area contributed by atoms with Gasteiger partial charge in [0.15, 0.2) is 0 Å². The lowest BCUT2D eigenvalue weighted by Gasteiger charge is -2.36. The summed E-state index contributed by atoms with van der Waals surface area (Å²) in [6.45, 7) is 7.43. The highest BCUT2D eigenvalue weighted by Gasteiger charge is 2.50. The highest BCUT2D eigenvalue weighted by molar-refractivity contribution is 6.08. The van der Waals surface area contributed by atoms with Crippen LogP contribution in [0.2, 0.25) is 0 Å². The van der Waals surface area contributed by atoms with Gasteiger partial charge in [0.05, 0.1) is 11.0 Å². The van der Waals surface area contributed by atoms with Crippen molar-refractivity contribution in [1.82, 2.24) is 0 Å². The molecule has 0 radical (unpaired) electrons. The van der Waals surface area contributed by atoms with Crippen LogP contribution >= 0.6 is 0 Å². The van der Waals surface area contributed by atoms with Crippen LogP contribution in [0.5, 0.6) is 0 Å². The third-order valence-corrected chi connectivity index (χ3v) is 8.16. The normalized spacial score (nSPS) is 19.7. The highest BCUT2D eigenvalue weighted by atomic mass is 16.5. The van der Waals surface area contributed by atoms with E-state index in [0.717, 1.165) is 66.2 Å².